The zero-order chi connectivity index (χ0) is 27.4. The molecule has 38 heavy (non-hydrogen) atoms. The van der Waals surface area contributed by atoms with Gasteiger partial charge in [-0.2, -0.15) is 10.2 Å². The van der Waals surface area contributed by atoms with Gasteiger partial charge in [-0.25, -0.2) is 18.5 Å². The summed E-state index contributed by atoms with van der Waals surface area (Å²) in [5.74, 6) is -0.655. The van der Waals surface area contributed by atoms with Crippen LogP contribution in [0.25, 0.3) is 5.69 Å². The van der Waals surface area contributed by atoms with Gasteiger partial charge in [0.25, 0.3) is 15.9 Å². The van der Waals surface area contributed by atoms with Crippen LogP contribution in [0.15, 0.2) is 82.8 Å². The number of halogens is 2. The lowest BCUT2D eigenvalue weighted by Crippen LogP contribution is -2.39. The van der Waals surface area contributed by atoms with E-state index < -0.39 is 22.5 Å². The van der Waals surface area contributed by atoms with Crippen molar-refractivity contribution in [2.75, 3.05) is 10.8 Å². The number of anilines is 1. The molecule has 0 aliphatic rings. The second-order valence-electron chi connectivity index (χ2n) is 8.59. The number of amides is 1. The van der Waals surface area contributed by atoms with Gasteiger partial charge in [-0.15, -0.1) is 0 Å². The van der Waals surface area contributed by atoms with Crippen molar-refractivity contribution in [3.05, 3.63) is 105 Å². The minimum absolute atomic E-state index is 0.0480. The highest BCUT2D eigenvalue weighted by molar-refractivity contribution is 7.92. The topological polar surface area (TPSA) is 96.7 Å². The normalized spacial score (nSPS) is 11.6. The number of sulfonamides is 1. The van der Waals surface area contributed by atoms with Crippen LogP contribution >= 0.6 is 23.2 Å². The Morgan fingerprint density at radius 1 is 1.03 bits per heavy atom. The predicted molar refractivity (Wildman–Crippen MR) is 151 cm³/mol. The Kier molecular flexibility index (Phi) is 8.20. The number of rotatable bonds is 8. The molecule has 3 aromatic carbocycles. The van der Waals surface area contributed by atoms with E-state index in [0.717, 1.165) is 26.8 Å². The van der Waals surface area contributed by atoms with Gasteiger partial charge in [-0.3, -0.25) is 9.10 Å². The van der Waals surface area contributed by atoms with E-state index in [1.165, 1.54) is 24.4 Å². The van der Waals surface area contributed by atoms with Crippen molar-refractivity contribution in [1.82, 2.24) is 15.2 Å². The number of nitrogens with one attached hydrogen (secondary N) is 1. The molecule has 0 aliphatic carbocycles. The summed E-state index contributed by atoms with van der Waals surface area (Å²) in [6, 6.07) is 20.6. The van der Waals surface area contributed by atoms with Crippen LogP contribution < -0.4 is 9.73 Å². The average molecular weight is 571 g/mol. The molecule has 0 spiro atoms. The van der Waals surface area contributed by atoms with E-state index in [4.69, 9.17) is 23.2 Å². The van der Waals surface area contributed by atoms with Gasteiger partial charge in [0.15, 0.2) is 5.15 Å². The first-order valence-electron chi connectivity index (χ1n) is 11.6. The largest absolute Gasteiger partial charge is 0.271 e. The molecule has 0 bridgehead atoms. The van der Waals surface area contributed by atoms with Crippen LogP contribution in [0.4, 0.5) is 5.69 Å². The van der Waals surface area contributed by atoms with Crippen LogP contribution in [-0.2, 0) is 14.8 Å². The van der Waals surface area contributed by atoms with Gasteiger partial charge in [0.1, 0.15) is 6.54 Å². The fraction of sp³-hybridized carbons (Fsp3) is 0.148. The molecule has 0 saturated heterocycles. The fourth-order valence-corrected chi connectivity index (χ4v) is 5.52. The molecule has 4 rings (SSSR count). The van der Waals surface area contributed by atoms with Gasteiger partial charge < -0.3 is 0 Å². The van der Waals surface area contributed by atoms with Crippen LogP contribution in [-0.4, -0.2) is 36.9 Å². The quantitative estimate of drug-likeness (QED) is 0.225. The van der Waals surface area contributed by atoms with Gasteiger partial charge in [0, 0.05) is 5.02 Å². The smallest absolute Gasteiger partial charge is 0.264 e. The molecule has 8 nitrogen and oxygen atoms in total. The SMILES string of the molecule is Cc1ccc(S(=O)(=O)N(CC(=O)N/N=C\c2c(Cl)nn(-c3ccccc3)c2C)c2ccc(C)c(Cl)c2)cc1. The third kappa shape index (κ3) is 5.91. The van der Waals surface area contributed by atoms with Crippen molar-refractivity contribution >= 4 is 51.0 Å². The maximum atomic E-state index is 13.5. The fourth-order valence-electron chi connectivity index (χ4n) is 3.67. The van der Waals surface area contributed by atoms with Crippen molar-refractivity contribution in [3.63, 3.8) is 0 Å². The Bertz CT molecular complexity index is 1600. The summed E-state index contributed by atoms with van der Waals surface area (Å²) >= 11 is 12.6. The van der Waals surface area contributed by atoms with Crippen LogP contribution in [0.3, 0.4) is 0 Å². The second-order valence-corrected chi connectivity index (χ2v) is 11.2. The van der Waals surface area contributed by atoms with Crippen molar-refractivity contribution in [1.29, 1.82) is 0 Å². The van der Waals surface area contributed by atoms with Gasteiger partial charge in [0.05, 0.1) is 33.7 Å². The van der Waals surface area contributed by atoms with Crippen LogP contribution in [0.2, 0.25) is 10.2 Å². The Morgan fingerprint density at radius 3 is 2.37 bits per heavy atom. The molecular weight excluding hydrogens is 545 g/mol. The maximum Gasteiger partial charge on any atom is 0.264 e. The van der Waals surface area contributed by atoms with Crippen molar-refractivity contribution in [3.8, 4) is 5.69 Å². The molecule has 11 heteroatoms. The van der Waals surface area contributed by atoms with E-state index >= 15 is 0 Å². The highest BCUT2D eigenvalue weighted by Gasteiger charge is 2.27. The minimum atomic E-state index is -4.09. The summed E-state index contributed by atoms with van der Waals surface area (Å²) in [5, 5.41) is 8.93. The molecule has 0 atom stereocenters. The molecule has 196 valence electrons. The Labute approximate surface area is 231 Å². The summed E-state index contributed by atoms with van der Waals surface area (Å²) in [4.78, 5) is 12.9. The number of para-hydroxylation sites is 1. The van der Waals surface area contributed by atoms with E-state index in [9.17, 15) is 13.2 Å². The number of hydrazone groups is 1. The second kappa shape index (κ2) is 11.4. The lowest BCUT2D eigenvalue weighted by Gasteiger charge is -2.24. The molecule has 0 aliphatic heterocycles. The number of nitrogens with zero attached hydrogens (tertiary/aromatic N) is 4. The molecule has 0 fully saturated rings. The number of benzene rings is 3. The molecule has 1 heterocycles. The average Bonchev–Trinajstić information content (AvgIpc) is 3.18. The number of carbonyl (C=O) groups excluding carboxylic acids is 1. The van der Waals surface area contributed by atoms with Crippen molar-refractivity contribution in [2.45, 2.75) is 25.7 Å². The standard InChI is InChI=1S/C27H25Cl2N5O3S/c1-18-9-13-23(14-10-18)38(36,37)33(22-12-11-19(2)25(28)15-22)17-26(35)31-30-16-24-20(3)34(32-27(24)29)21-7-5-4-6-8-21/h4-16H,17H2,1-3H3,(H,31,35)/b30-16-. The monoisotopic (exact) mass is 569 g/mol. The first kappa shape index (κ1) is 27.4. The molecular formula is C27H25Cl2N5O3S. The van der Waals surface area contributed by atoms with Crippen LogP contribution in [0.1, 0.15) is 22.4 Å². The predicted octanol–water partition coefficient (Wildman–Crippen LogP) is 5.45. The van der Waals surface area contributed by atoms with E-state index in [1.54, 1.807) is 35.9 Å². The van der Waals surface area contributed by atoms with Gasteiger partial charge in [-0.05, 0) is 62.7 Å². The number of hydrogen-bond donors (Lipinski definition) is 1. The Morgan fingerprint density at radius 2 is 1.71 bits per heavy atom. The molecule has 1 N–H and O–H groups in total. The van der Waals surface area contributed by atoms with E-state index in [-0.39, 0.29) is 15.7 Å². The molecule has 1 aromatic heterocycles. The van der Waals surface area contributed by atoms with Gasteiger partial charge in [0.2, 0.25) is 0 Å². The van der Waals surface area contributed by atoms with Crippen LogP contribution in [0.5, 0.6) is 0 Å². The first-order valence-corrected chi connectivity index (χ1v) is 13.8. The molecule has 1 amide bonds. The van der Waals surface area contributed by atoms with E-state index in [1.807, 2.05) is 44.2 Å². The third-order valence-corrected chi connectivity index (χ3v) is 8.32. The van der Waals surface area contributed by atoms with E-state index in [0.29, 0.717) is 10.6 Å². The molecule has 0 saturated carbocycles. The molecule has 4 aromatic rings. The van der Waals surface area contributed by atoms with Crippen molar-refractivity contribution in [2.24, 2.45) is 5.10 Å². The maximum absolute atomic E-state index is 13.5. The van der Waals surface area contributed by atoms with Crippen LogP contribution in [0, 0.1) is 20.8 Å². The highest BCUT2D eigenvalue weighted by atomic mass is 35.5. The van der Waals surface area contributed by atoms with E-state index in [2.05, 4.69) is 15.6 Å². The first-order chi connectivity index (χ1) is 18.1. The number of hydrogen-bond acceptors (Lipinski definition) is 5. The zero-order valence-corrected chi connectivity index (χ0v) is 23.2. The lowest BCUT2D eigenvalue weighted by molar-refractivity contribution is -0.119. The molecule has 0 radical (unpaired) electrons. The minimum Gasteiger partial charge on any atom is -0.271 e. The number of aryl methyl sites for hydroxylation is 2. The summed E-state index contributed by atoms with van der Waals surface area (Å²) in [6.07, 6.45) is 1.38. The summed E-state index contributed by atoms with van der Waals surface area (Å²) < 4.78 is 29.7. The molecule has 0 unspecified atom stereocenters. The Hall–Kier alpha value is -3.66. The highest BCUT2D eigenvalue weighted by Crippen LogP contribution is 2.28. The van der Waals surface area contributed by atoms with Gasteiger partial charge in [-0.1, -0.05) is 65.2 Å². The zero-order valence-electron chi connectivity index (χ0n) is 20.9. The third-order valence-electron chi connectivity index (χ3n) is 5.84. The van der Waals surface area contributed by atoms with Gasteiger partial charge >= 0.3 is 0 Å². The summed E-state index contributed by atoms with van der Waals surface area (Å²) in [7, 11) is -4.09. The number of carbonyl (C=O) groups is 1. The Balaban J connectivity index is 1.58. The lowest BCUT2D eigenvalue weighted by atomic mass is 10.2. The summed E-state index contributed by atoms with van der Waals surface area (Å²) in [6.45, 7) is 4.96. The number of aromatic nitrogens is 2. The van der Waals surface area contributed by atoms with Crippen molar-refractivity contribution < 1.29 is 13.2 Å². The summed E-state index contributed by atoms with van der Waals surface area (Å²) in [5.41, 5.74) is 6.39.